The minimum Gasteiger partial charge on any atom is -0.465 e. The fourth-order valence-electron chi connectivity index (χ4n) is 3.23. The number of urea groups is 1. The van der Waals surface area contributed by atoms with Gasteiger partial charge in [0.2, 0.25) is 0 Å². The van der Waals surface area contributed by atoms with Crippen molar-refractivity contribution in [2.24, 2.45) is 0 Å². The van der Waals surface area contributed by atoms with Crippen molar-refractivity contribution in [2.45, 2.75) is 18.9 Å². The van der Waals surface area contributed by atoms with Gasteiger partial charge in [-0.25, -0.2) is 19.0 Å². The second-order valence-corrected chi connectivity index (χ2v) is 7.16. The number of aromatic nitrogens is 1. The lowest BCUT2D eigenvalue weighted by Gasteiger charge is -2.35. The zero-order valence-corrected chi connectivity index (χ0v) is 16.8. The average molecular weight is 417 g/mol. The number of carbonyl (C=O) groups excluding carboxylic acids is 1. The van der Waals surface area contributed by atoms with Crippen LogP contribution in [0.25, 0.3) is 0 Å². The maximum atomic E-state index is 14.0. The fraction of sp³-hybridized carbons (Fsp3) is 0.350. The van der Waals surface area contributed by atoms with Gasteiger partial charge in [-0.1, -0.05) is 0 Å². The number of hydrogen-bond acceptors (Lipinski definition) is 5. The summed E-state index contributed by atoms with van der Waals surface area (Å²) in [5, 5.41) is 13.4. The molecule has 1 saturated heterocycles. The minimum atomic E-state index is -1.36. The lowest BCUT2D eigenvalue weighted by Crippen LogP contribution is -2.46. The Balaban J connectivity index is 1.60. The molecule has 0 atom stereocenters. The first-order chi connectivity index (χ1) is 14.3. The molecule has 0 unspecified atom stereocenters. The molecule has 1 aromatic carbocycles. The van der Waals surface area contributed by atoms with Crippen LogP contribution in [0.4, 0.5) is 25.5 Å². The van der Waals surface area contributed by atoms with Crippen molar-refractivity contribution in [1.29, 1.82) is 0 Å². The number of amides is 3. The number of rotatable bonds is 5. The Morgan fingerprint density at radius 1 is 1.17 bits per heavy atom. The summed E-state index contributed by atoms with van der Waals surface area (Å²) in [6.45, 7) is 1.34. The summed E-state index contributed by atoms with van der Waals surface area (Å²) >= 11 is 0. The van der Waals surface area contributed by atoms with Crippen LogP contribution in [0.2, 0.25) is 0 Å². The van der Waals surface area contributed by atoms with Crippen LogP contribution in [-0.4, -0.2) is 65.2 Å². The molecule has 0 bridgehead atoms. The second kappa shape index (κ2) is 9.40. The van der Waals surface area contributed by atoms with E-state index < -0.39 is 11.9 Å². The lowest BCUT2D eigenvalue weighted by atomic mass is 10.0. The smallest absolute Gasteiger partial charge is 0.409 e. The number of ether oxygens (including phenoxy) is 1. The molecule has 10 heteroatoms. The Bertz CT molecular complexity index is 916. The first kappa shape index (κ1) is 21.3. The van der Waals surface area contributed by atoms with Crippen LogP contribution >= 0.6 is 0 Å². The molecule has 160 valence electrons. The molecule has 1 aromatic heterocycles. The van der Waals surface area contributed by atoms with Gasteiger partial charge in [0.25, 0.3) is 0 Å². The second-order valence-electron chi connectivity index (χ2n) is 7.16. The van der Waals surface area contributed by atoms with Crippen molar-refractivity contribution in [2.75, 3.05) is 37.8 Å². The number of nitrogens with zero attached hydrogens (tertiary/aromatic N) is 3. The Morgan fingerprint density at radius 2 is 1.87 bits per heavy atom. The summed E-state index contributed by atoms with van der Waals surface area (Å²) in [5.74, 6) is 0.0816. The van der Waals surface area contributed by atoms with E-state index in [1.54, 1.807) is 11.0 Å². The van der Waals surface area contributed by atoms with E-state index in [1.165, 1.54) is 24.4 Å². The summed E-state index contributed by atoms with van der Waals surface area (Å²) in [7, 11) is 4.08. The number of halogens is 1. The molecule has 1 aliphatic rings. The molecule has 0 saturated carbocycles. The van der Waals surface area contributed by atoms with Crippen molar-refractivity contribution in [1.82, 2.24) is 14.8 Å². The third-order valence-electron chi connectivity index (χ3n) is 4.87. The minimum absolute atomic E-state index is 0.171. The molecule has 1 aliphatic heterocycles. The van der Waals surface area contributed by atoms with Crippen molar-refractivity contribution in [3.8, 4) is 11.5 Å². The molecule has 0 aliphatic carbocycles. The topological polar surface area (TPSA) is 107 Å². The van der Waals surface area contributed by atoms with Crippen molar-refractivity contribution >= 4 is 23.6 Å². The predicted octanol–water partition coefficient (Wildman–Crippen LogP) is 3.66. The van der Waals surface area contributed by atoms with Gasteiger partial charge in [0.05, 0.1) is 5.69 Å². The van der Waals surface area contributed by atoms with Gasteiger partial charge in [-0.05, 0) is 45.1 Å². The van der Waals surface area contributed by atoms with Crippen LogP contribution in [0.15, 0.2) is 36.5 Å². The number of anilines is 2. The summed E-state index contributed by atoms with van der Waals surface area (Å²) in [6, 6.07) is 7.11. The van der Waals surface area contributed by atoms with Crippen molar-refractivity contribution < 1.29 is 23.8 Å². The highest BCUT2D eigenvalue weighted by atomic mass is 19.1. The van der Waals surface area contributed by atoms with Crippen LogP contribution in [0.5, 0.6) is 11.5 Å². The molecular weight excluding hydrogens is 393 g/mol. The molecule has 3 amide bonds. The molecule has 2 aromatic rings. The Hall–Kier alpha value is -3.40. The largest absolute Gasteiger partial charge is 0.465 e. The van der Waals surface area contributed by atoms with Crippen LogP contribution in [0.1, 0.15) is 12.8 Å². The summed E-state index contributed by atoms with van der Waals surface area (Å²) in [4.78, 5) is 31.2. The van der Waals surface area contributed by atoms with Gasteiger partial charge in [0.1, 0.15) is 17.3 Å². The molecule has 0 spiro atoms. The first-order valence-corrected chi connectivity index (χ1v) is 9.47. The summed E-state index contributed by atoms with van der Waals surface area (Å²) in [6.07, 6.45) is 1.94. The van der Waals surface area contributed by atoms with E-state index in [-0.39, 0.29) is 17.5 Å². The fourth-order valence-corrected chi connectivity index (χ4v) is 3.23. The maximum Gasteiger partial charge on any atom is 0.409 e. The number of nitrogens with one attached hydrogen (secondary N) is 2. The van der Waals surface area contributed by atoms with Crippen LogP contribution in [-0.2, 0) is 0 Å². The van der Waals surface area contributed by atoms with E-state index >= 15 is 0 Å². The summed E-state index contributed by atoms with van der Waals surface area (Å²) in [5.41, 5.74) is -0.171. The van der Waals surface area contributed by atoms with Gasteiger partial charge in [-0.15, -0.1) is 0 Å². The number of pyridine rings is 1. The van der Waals surface area contributed by atoms with Crippen LogP contribution < -0.4 is 15.4 Å². The van der Waals surface area contributed by atoms with E-state index in [0.717, 1.165) is 18.9 Å². The first-order valence-electron chi connectivity index (χ1n) is 9.47. The predicted molar refractivity (Wildman–Crippen MR) is 110 cm³/mol. The van der Waals surface area contributed by atoms with E-state index in [2.05, 4.69) is 15.2 Å². The molecule has 3 rings (SSSR count). The molecular formula is C20H24FN5O4. The summed E-state index contributed by atoms with van der Waals surface area (Å²) < 4.78 is 19.6. The number of hydrogen-bond donors (Lipinski definition) is 3. The van der Waals surface area contributed by atoms with E-state index in [1.807, 2.05) is 19.4 Å². The number of carbonyl (C=O) groups is 2. The van der Waals surface area contributed by atoms with Gasteiger partial charge in [0, 0.05) is 37.5 Å². The molecule has 30 heavy (non-hydrogen) atoms. The quantitative estimate of drug-likeness (QED) is 0.685. The highest BCUT2D eigenvalue weighted by Crippen LogP contribution is 2.27. The van der Waals surface area contributed by atoms with E-state index in [4.69, 9.17) is 9.84 Å². The standard InChI is InChI=1S/C20H24FN5O4/c1-25(2)13-6-9-26(10-7-13)19(27)24-18-12-15(5-8-22-18)30-14-3-4-17(16(21)11-14)23-20(28)29/h3-5,8,11-13,23H,6-7,9-10H2,1-2H3,(H,28,29)(H,22,24,27). The SMILES string of the molecule is CN(C)C1CCN(C(=O)Nc2cc(Oc3ccc(NC(=O)O)c(F)c3)ccn2)CC1. The zero-order chi connectivity index (χ0) is 21.7. The number of likely N-dealkylation sites (tertiary alicyclic amines) is 1. The van der Waals surface area contributed by atoms with Gasteiger partial charge < -0.3 is 19.6 Å². The zero-order valence-electron chi connectivity index (χ0n) is 16.8. The highest BCUT2D eigenvalue weighted by Gasteiger charge is 2.24. The molecule has 9 nitrogen and oxygen atoms in total. The maximum absolute atomic E-state index is 14.0. The lowest BCUT2D eigenvalue weighted by molar-refractivity contribution is 0.156. The number of benzene rings is 1. The van der Waals surface area contributed by atoms with Gasteiger partial charge in [0.15, 0.2) is 5.82 Å². The average Bonchev–Trinajstić information content (AvgIpc) is 2.70. The van der Waals surface area contributed by atoms with Gasteiger partial charge >= 0.3 is 12.1 Å². The van der Waals surface area contributed by atoms with E-state index in [9.17, 15) is 14.0 Å². The van der Waals surface area contributed by atoms with Crippen molar-refractivity contribution in [3.63, 3.8) is 0 Å². The van der Waals surface area contributed by atoms with Crippen LogP contribution in [0, 0.1) is 5.82 Å². The van der Waals surface area contributed by atoms with Crippen LogP contribution in [0.3, 0.4) is 0 Å². The van der Waals surface area contributed by atoms with E-state index in [0.29, 0.717) is 30.7 Å². The third-order valence-corrected chi connectivity index (χ3v) is 4.87. The van der Waals surface area contributed by atoms with Gasteiger partial charge in [-0.3, -0.25) is 10.6 Å². The highest BCUT2D eigenvalue weighted by molar-refractivity contribution is 5.88. The molecule has 1 fully saturated rings. The number of carboxylic acid groups (broad SMARTS) is 1. The van der Waals surface area contributed by atoms with Gasteiger partial charge in [-0.2, -0.15) is 0 Å². The Morgan fingerprint density at radius 3 is 2.50 bits per heavy atom. The number of piperidine rings is 1. The Kier molecular flexibility index (Phi) is 6.68. The van der Waals surface area contributed by atoms with Crippen molar-refractivity contribution in [3.05, 3.63) is 42.3 Å². The Labute approximate surface area is 173 Å². The molecule has 2 heterocycles. The normalized spacial score (nSPS) is 14.5. The third kappa shape index (κ3) is 5.57. The molecule has 0 radical (unpaired) electrons. The monoisotopic (exact) mass is 417 g/mol. The molecule has 3 N–H and O–H groups in total.